The first-order valence-electron chi connectivity index (χ1n) is 6.49. The number of allylic oxidation sites excluding steroid dienone is 1. The highest BCUT2D eigenvalue weighted by atomic mass is 32.1. The van der Waals surface area contributed by atoms with Crippen molar-refractivity contribution in [3.8, 4) is 6.07 Å². The number of hydrogen-bond donors (Lipinski definition) is 0. The molecule has 0 atom stereocenters. The van der Waals surface area contributed by atoms with Gasteiger partial charge in [-0.25, -0.2) is 4.98 Å². The number of hydrogen-bond acceptors (Lipinski definition) is 5. The zero-order valence-electron chi connectivity index (χ0n) is 11.0. The van der Waals surface area contributed by atoms with E-state index in [0.29, 0.717) is 16.5 Å². The Kier molecular flexibility index (Phi) is 3.50. The van der Waals surface area contributed by atoms with Crippen molar-refractivity contribution in [2.24, 2.45) is 0 Å². The Morgan fingerprint density at radius 3 is 2.71 bits per heavy atom. The summed E-state index contributed by atoms with van der Waals surface area (Å²) in [5.74, 6) is 0.564. The molecule has 6 heteroatoms. The molecule has 3 rings (SSSR count). The van der Waals surface area contributed by atoms with Crippen molar-refractivity contribution >= 4 is 28.7 Å². The molecule has 1 aromatic carbocycles. The summed E-state index contributed by atoms with van der Waals surface area (Å²) >= 11 is 1.47. The van der Waals surface area contributed by atoms with Crippen LogP contribution >= 0.6 is 11.3 Å². The van der Waals surface area contributed by atoms with Crippen LogP contribution in [0.3, 0.4) is 0 Å². The van der Waals surface area contributed by atoms with E-state index in [-0.39, 0.29) is 5.69 Å². The molecule has 0 saturated heterocycles. The second-order valence-corrected chi connectivity index (χ2v) is 5.73. The van der Waals surface area contributed by atoms with Crippen molar-refractivity contribution in [1.82, 2.24) is 4.98 Å². The van der Waals surface area contributed by atoms with Crippen LogP contribution in [0.4, 0.5) is 5.69 Å². The van der Waals surface area contributed by atoms with Gasteiger partial charge in [-0.2, -0.15) is 5.26 Å². The maximum atomic E-state index is 10.6. The molecule has 5 nitrogen and oxygen atoms in total. The highest BCUT2D eigenvalue weighted by Crippen LogP contribution is 2.40. The zero-order valence-corrected chi connectivity index (χ0v) is 11.8. The lowest BCUT2D eigenvalue weighted by atomic mass is 10.1. The second kappa shape index (κ2) is 5.46. The molecule has 0 aliphatic heterocycles. The summed E-state index contributed by atoms with van der Waals surface area (Å²) in [6.45, 7) is 0. The normalized spacial score (nSPS) is 14.7. The van der Waals surface area contributed by atoms with Gasteiger partial charge >= 0.3 is 0 Å². The molecule has 1 fully saturated rings. The topological polar surface area (TPSA) is 79.8 Å². The van der Waals surface area contributed by atoms with E-state index in [1.807, 2.05) is 5.38 Å². The molecule has 0 bridgehead atoms. The van der Waals surface area contributed by atoms with Crippen LogP contribution in [0.5, 0.6) is 0 Å². The van der Waals surface area contributed by atoms with E-state index in [1.54, 1.807) is 18.2 Å². The molecule has 0 radical (unpaired) electrons. The standard InChI is InChI=1S/C15H11N3O2S/c16-8-12(15-17-14(9-21-15)11-3-4-11)7-10-1-5-13(6-2-10)18(19)20/h1-2,5-7,9,11H,3-4H2/b12-7+. The highest BCUT2D eigenvalue weighted by Gasteiger charge is 2.26. The van der Waals surface area contributed by atoms with Crippen LogP contribution in [0.2, 0.25) is 0 Å². The van der Waals surface area contributed by atoms with E-state index in [9.17, 15) is 15.4 Å². The Bertz CT molecular complexity index is 752. The van der Waals surface area contributed by atoms with Gasteiger partial charge in [0.05, 0.1) is 16.2 Å². The number of non-ortho nitro benzene ring substituents is 1. The largest absolute Gasteiger partial charge is 0.269 e. The van der Waals surface area contributed by atoms with Crippen LogP contribution in [-0.4, -0.2) is 9.91 Å². The fourth-order valence-corrected chi connectivity index (χ4v) is 2.84. The maximum absolute atomic E-state index is 10.6. The first kappa shape index (κ1) is 13.5. The van der Waals surface area contributed by atoms with Crippen molar-refractivity contribution in [3.05, 3.63) is 56.0 Å². The summed E-state index contributed by atoms with van der Waals surface area (Å²) in [7, 11) is 0. The predicted molar refractivity (Wildman–Crippen MR) is 80.7 cm³/mol. The van der Waals surface area contributed by atoms with E-state index >= 15 is 0 Å². The quantitative estimate of drug-likeness (QED) is 0.485. The Labute approximate surface area is 125 Å². The van der Waals surface area contributed by atoms with E-state index in [2.05, 4.69) is 11.1 Å². The zero-order chi connectivity index (χ0) is 14.8. The molecule has 2 aromatic rings. The van der Waals surface area contributed by atoms with Gasteiger partial charge < -0.3 is 0 Å². The summed E-state index contributed by atoms with van der Waals surface area (Å²) < 4.78 is 0. The van der Waals surface area contributed by atoms with Gasteiger partial charge in [0.1, 0.15) is 11.1 Å². The van der Waals surface area contributed by atoms with E-state index < -0.39 is 4.92 Å². The van der Waals surface area contributed by atoms with Crippen LogP contribution in [0.1, 0.15) is 35.0 Å². The lowest BCUT2D eigenvalue weighted by Crippen LogP contribution is -1.87. The van der Waals surface area contributed by atoms with Gasteiger partial charge in [0.2, 0.25) is 0 Å². The number of aromatic nitrogens is 1. The molecule has 104 valence electrons. The van der Waals surface area contributed by atoms with Crippen molar-refractivity contribution < 1.29 is 4.92 Å². The second-order valence-electron chi connectivity index (χ2n) is 4.87. The SMILES string of the molecule is N#C/C(=C\c1ccc([N+](=O)[O-])cc1)c1nc(C2CC2)cs1. The molecule has 1 aromatic heterocycles. The first-order chi connectivity index (χ1) is 10.2. The summed E-state index contributed by atoms with van der Waals surface area (Å²) in [6.07, 6.45) is 4.06. The van der Waals surface area contributed by atoms with E-state index in [4.69, 9.17) is 0 Å². The molecule has 1 heterocycles. The van der Waals surface area contributed by atoms with Gasteiger partial charge in [-0.1, -0.05) is 0 Å². The van der Waals surface area contributed by atoms with Crippen LogP contribution < -0.4 is 0 Å². The predicted octanol–water partition coefficient (Wildman–Crippen LogP) is 3.99. The van der Waals surface area contributed by atoms with Crippen molar-refractivity contribution in [2.45, 2.75) is 18.8 Å². The van der Waals surface area contributed by atoms with Crippen molar-refractivity contribution in [2.75, 3.05) is 0 Å². The van der Waals surface area contributed by atoms with Crippen LogP contribution in [0.15, 0.2) is 29.6 Å². The number of nitro groups is 1. The number of nitro benzene ring substituents is 1. The third kappa shape index (κ3) is 2.98. The van der Waals surface area contributed by atoms with Gasteiger partial charge in [-0.3, -0.25) is 10.1 Å². The third-order valence-electron chi connectivity index (χ3n) is 3.28. The average Bonchev–Trinajstić information content (AvgIpc) is 3.23. The highest BCUT2D eigenvalue weighted by molar-refractivity contribution is 7.11. The molecular weight excluding hydrogens is 286 g/mol. The molecule has 21 heavy (non-hydrogen) atoms. The third-order valence-corrected chi connectivity index (χ3v) is 4.18. The summed E-state index contributed by atoms with van der Waals surface area (Å²) in [5.41, 5.74) is 2.34. The Morgan fingerprint density at radius 1 is 1.43 bits per heavy atom. The van der Waals surface area contributed by atoms with Gasteiger partial charge in [0.25, 0.3) is 5.69 Å². The molecular formula is C15H11N3O2S. The van der Waals surface area contributed by atoms with Crippen LogP contribution in [0.25, 0.3) is 11.6 Å². The van der Waals surface area contributed by atoms with E-state index in [0.717, 1.165) is 11.3 Å². The summed E-state index contributed by atoms with van der Waals surface area (Å²) in [4.78, 5) is 14.7. The maximum Gasteiger partial charge on any atom is 0.269 e. The molecule has 0 amide bonds. The summed E-state index contributed by atoms with van der Waals surface area (Å²) in [6, 6.07) is 8.27. The Balaban J connectivity index is 1.87. The average molecular weight is 297 g/mol. The fraction of sp³-hybridized carbons (Fsp3) is 0.200. The minimum absolute atomic E-state index is 0.0379. The molecule has 0 unspecified atom stereocenters. The van der Waals surface area contributed by atoms with Gasteiger partial charge in [-0.15, -0.1) is 11.3 Å². The number of nitrogens with zero attached hydrogens (tertiary/aromatic N) is 3. The van der Waals surface area contributed by atoms with Crippen molar-refractivity contribution in [1.29, 1.82) is 5.26 Å². The summed E-state index contributed by atoms with van der Waals surface area (Å²) in [5, 5.41) is 22.6. The number of rotatable bonds is 4. The minimum atomic E-state index is -0.443. The molecule has 1 aliphatic rings. The van der Waals surface area contributed by atoms with Gasteiger partial charge in [-0.05, 0) is 36.6 Å². The molecule has 1 aliphatic carbocycles. The van der Waals surface area contributed by atoms with Crippen LogP contribution in [0, 0.1) is 21.4 Å². The molecule has 1 saturated carbocycles. The Hall–Kier alpha value is -2.52. The molecule has 0 spiro atoms. The van der Waals surface area contributed by atoms with E-state index in [1.165, 1.54) is 36.3 Å². The lowest BCUT2D eigenvalue weighted by molar-refractivity contribution is -0.384. The monoisotopic (exact) mass is 297 g/mol. The van der Waals surface area contributed by atoms with Gasteiger partial charge in [0, 0.05) is 23.4 Å². The number of nitriles is 1. The minimum Gasteiger partial charge on any atom is -0.258 e. The number of benzene rings is 1. The lowest BCUT2D eigenvalue weighted by Gasteiger charge is -1.96. The first-order valence-corrected chi connectivity index (χ1v) is 7.37. The van der Waals surface area contributed by atoms with Crippen LogP contribution in [-0.2, 0) is 0 Å². The smallest absolute Gasteiger partial charge is 0.258 e. The van der Waals surface area contributed by atoms with Gasteiger partial charge in [0.15, 0.2) is 0 Å². The van der Waals surface area contributed by atoms with Crippen molar-refractivity contribution in [3.63, 3.8) is 0 Å². The number of thiazole rings is 1. The Morgan fingerprint density at radius 2 is 2.14 bits per heavy atom. The molecule has 0 N–H and O–H groups in total. The fourth-order valence-electron chi connectivity index (χ4n) is 1.98.